The second-order valence-electron chi connectivity index (χ2n) is 13.4. The van der Waals surface area contributed by atoms with Gasteiger partial charge in [0, 0.05) is 18.3 Å². The topological polar surface area (TPSA) is 111 Å². The van der Waals surface area contributed by atoms with E-state index in [4.69, 9.17) is 9.47 Å². The smallest absolute Gasteiger partial charge is 0.408 e. The van der Waals surface area contributed by atoms with Gasteiger partial charge >= 0.3 is 6.09 Å². The number of nitrogens with zero attached hydrogens (tertiary/aromatic N) is 3. The van der Waals surface area contributed by atoms with Gasteiger partial charge in [0.25, 0.3) is 5.92 Å². The van der Waals surface area contributed by atoms with Gasteiger partial charge < -0.3 is 19.7 Å². The predicted octanol–water partition coefficient (Wildman–Crippen LogP) is 5.40. The third kappa shape index (κ3) is 5.79. The lowest BCUT2D eigenvalue weighted by Gasteiger charge is -2.35. The normalized spacial score (nSPS) is 32.0. The minimum Gasteiger partial charge on any atom is -0.471 e. The lowest BCUT2D eigenvalue weighted by Crippen LogP contribution is -2.57. The molecule has 1 aromatic heterocycles. The number of benzene rings is 1. The third-order valence-electron chi connectivity index (χ3n) is 8.99. The van der Waals surface area contributed by atoms with Gasteiger partial charge in [-0.05, 0) is 50.7 Å². The van der Waals surface area contributed by atoms with Crippen LogP contribution in [0.25, 0.3) is 11.0 Å². The van der Waals surface area contributed by atoms with E-state index in [1.807, 2.05) is 27.7 Å². The van der Waals surface area contributed by atoms with E-state index in [9.17, 15) is 14.4 Å². The number of halogens is 2. The lowest BCUT2D eigenvalue weighted by atomic mass is 9.85. The molecule has 2 aliphatic heterocycles. The van der Waals surface area contributed by atoms with Gasteiger partial charge in [-0.25, -0.2) is 14.8 Å². The van der Waals surface area contributed by atoms with Gasteiger partial charge in [-0.2, -0.15) is 8.78 Å². The number of amides is 2. The Morgan fingerprint density at radius 2 is 1.79 bits per heavy atom. The van der Waals surface area contributed by atoms with Gasteiger partial charge in [-0.3, -0.25) is 9.59 Å². The predicted molar refractivity (Wildman–Crippen MR) is 151 cm³/mol. The fourth-order valence-electron chi connectivity index (χ4n) is 6.36. The average molecular weight is 587 g/mol. The van der Waals surface area contributed by atoms with Crippen LogP contribution in [-0.4, -0.2) is 63.0 Å². The first-order chi connectivity index (χ1) is 19.6. The highest BCUT2D eigenvalue weighted by molar-refractivity contribution is 5.92. The van der Waals surface area contributed by atoms with Crippen LogP contribution in [0, 0.1) is 17.3 Å². The van der Waals surface area contributed by atoms with Crippen molar-refractivity contribution in [3.63, 3.8) is 0 Å². The van der Waals surface area contributed by atoms with Crippen molar-refractivity contribution in [3.05, 3.63) is 30.0 Å². The van der Waals surface area contributed by atoms with E-state index < -0.39 is 65.2 Å². The van der Waals surface area contributed by atoms with Gasteiger partial charge in [0.1, 0.15) is 17.7 Å². The van der Waals surface area contributed by atoms with Crippen LogP contribution >= 0.6 is 0 Å². The minimum atomic E-state index is -3.32. The summed E-state index contributed by atoms with van der Waals surface area (Å²) in [7, 11) is 0. The minimum absolute atomic E-state index is 0.0428. The number of alkyl halides is 2. The highest BCUT2D eigenvalue weighted by atomic mass is 19.3. The summed E-state index contributed by atoms with van der Waals surface area (Å²) in [6, 6.07) is 4.87. The maximum atomic E-state index is 15.8. The Kier molecular flexibility index (Phi) is 7.68. The lowest BCUT2D eigenvalue weighted by molar-refractivity contribution is -0.141. The largest absolute Gasteiger partial charge is 0.471 e. The van der Waals surface area contributed by atoms with Gasteiger partial charge in [0.2, 0.25) is 11.8 Å². The summed E-state index contributed by atoms with van der Waals surface area (Å²) in [6.45, 7) is 10.4. The molecule has 2 fully saturated rings. The maximum Gasteiger partial charge on any atom is 0.408 e. The number of aromatic nitrogens is 2. The molecule has 9 nitrogen and oxygen atoms in total. The highest BCUT2D eigenvalue weighted by Crippen LogP contribution is 2.50. The second kappa shape index (κ2) is 10.7. The van der Waals surface area contributed by atoms with Gasteiger partial charge in [0.05, 0.1) is 23.6 Å². The van der Waals surface area contributed by atoms with Crippen LogP contribution in [0.2, 0.25) is 0 Å². The van der Waals surface area contributed by atoms with Crippen molar-refractivity contribution in [1.29, 1.82) is 0 Å². The molecule has 2 amide bonds. The maximum absolute atomic E-state index is 15.8. The van der Waals surface area contributed by atoms with Crippen molar-refractivity contribution < 1.29 is 32.6 Å². The van der Waals surface area contributed by atoms with E-state index in [2.05, 4.69) is 15.3 Å². The molecule has 1 N–H and O–H groups in total. The molecule has 1 saturated heterocycles. The van der Waals surface area contributed by atoms with Crippen LogP contribution in [0.4, 0.5) is 13.6 Å². The molecular weight excluding hydrogens is 546 g/mol. The molecule has 0 radical (unpaired) electrons. The van der Waals surface area contributed by atoms with Crippen LogP contribution in [0.5, 0.6) is 5.88 Å². The van der Waals surface area contributed by atoms with Crippen molar-refractivity contribution in [2.24, 2.45) is 17.3 Å². The van der Waals surface area contributed by atoms with Crippen LogP contribution in [0.1, 0.15) is 79.3 Å². The number of rotatable bonds is 1. The third-order valence-corrected chi connectivity index (χ3v) is 8.99. The average Bonchev–Trinajstić information content (AvgIpc) is 3.41. The highest BCUT2D eigenvalue weighted by Gasteiger charge is 2.54. The molecular formula is C31H40F2N4O5. The first-order valence-corrected chi connectivity index (χ1v) is 14.7. The Bertz CT molecular complexity index is 1400. The summed E-state index contributed by atoms with van der Waals surface area (Å²) < 4.78 is 43.5. The number of ether oxygens (including phenoxy) is 2. The van der Waals surface area contributed by atoms with Gasteiger partial charge in [-0.1, -0.05) is 46.2 Å². The molecule has 1 aromatic carbocycles. The number of hydrogen-bond donors (Lipinski definition) is 1. The zero-order chi connectivity index (χ0) is 30.6. The molecule has 42 heavy (non-hydrogen) atoms. The quantitative estimate of drug-likeness (QED) is 0.477. The molecule has 228 valence electrons. The summed E-state index contributed by atoms with van der Waals surface area (Å²) >= 11 is 0. The molecule has 1 aliphatic carbocycles. The summed E-state index contributed by atoms with van der Waals surface area (Å²) in [5.74, 6) is -4.85. The Labute approximate surface area is 244 Å². The number of carbonyl (C=O) groups is 3. The molecule has 0 unspecified atom stereocenters. The number of ketones is 1. The number of hydrogen-bond acceptors (Lipinski definition) is 7. The number of fused-ring (bicyclic) bond motifs is 5. The van der Waals surface area contributed by atoms with E-state index >= 15 is 8.78 Å². The number of alkyl carbamates (subject to hydrolysis) is 1. The fraction of sp³-hybridized carbons (Fsp3) is 0.645. The van der Waals surface area contributed by atoms with Crippen molar-refractivity contribution in [2.45, 2.75) is 103 Å². The van der Waals surface area contributed by atoms with Crippen LogP contribution in [0.3, 0.4) is 0 Å². The zero-order valence-electron chi connectivity index (χ0n) is 25.1. The molecule has 0 spiro atoms. The number of Topliss-reactive ketones (excluding diaryl/α,β-unsaturated/α-hetero) is 1. The van der Waals surface area contributed by atoms with Crippen molar-refractivity contribution in [3.8, 4) is 5.88 Å². The molecule has 6 atom stereocenters. The number of para-hydroxylation sites is 2. The molecule has 1 saturated carbocycles. The van der Waals surface area contributed by atoms with E-state index in [0.29, 0.717) is 30.3 Å². The van der Waals surface area contributed by atoms with E-state index in [0.717, 1.165) is 0 Å². The fourth-order valence-corrected chi connectivity index (χ4v) is 6.36. The summed E-state index contributed by atoms with van der Waals surface area (Å²) in [5.41, 5.74) is -1.25. The van der Waals surface area contributed by atoms with Crippen LogP contribution in [-0.2, 0) is 20.2 Å². The SMILES string of the molecule is CC(=O)[C@@H]1[C@H](C)[C@@H]2CN1C(=O)[C@H](C(C)(C)C)NC(=O)O[C@]1(C)C[C@H]1CCCCC(F)(F)c1nc3ccccc3nc1O2. The van der Waals surface area contributed by atoms with E-state index in [1.165, 1.54) is 11.8 Å². The number of nitrogens with one attached hydrogen (secondary N) is 1. The summed E-state index contributed by atoms with van der Waals surface area (Å²) in [4.78, 5) is 50.1. The van der Waals surface area contributed by atoms with Gasteiger partial charge in [-0.15, -0.1) is 0 Å². The molecule has 5 rings (SSSR count). The standard InChI is InChI=1S/C31H40F2N4O5/c1-17-22-16-37(23(17)18(2)38)27(39)25(29(3,4)5)36-28(40)42-30(6)15-19(30)11-9-10-14-31(32,33)24-26(41-22)35-21-13-8-7-12-20(21)34-24/h7-8,12-13,17,19,22-23,25H,9-11,14-16H2,1-6H3,(H,36,40)/t17-,19-,22+,23+,25-,30-/m1/s1. The van der Waals surface area contributed by atoms with E-state index in [1.54, 1.807) is 31.2 Å². The second-order valence-corrected chi connectivity index (χ2v) is 13.4. The van der Waals surface area contributed by atoms with Crippen LogP contribution < -0.4 is 10.1 Å². The van der Waals surface area contributed by atoms with Crippen molar-refractivity contribution in [1.82, 2.24) is 20.2 Å². The van der Waals surface area contributed by atoms with Gasteiger partial charge in [0.15, 0.2) is 11.5 Å². The Hall–Kier alpha value is -3.37. The summed E-state index contributed by atoms with van der Waals surface area (Å²) in [6.07, 6.45) is 0.0339. The zero-order valence-corrected chi connectivity index (χ0v) is 25.1. The Morgan fingerprint density at radius 3 is 2.43 bits per heavy atom. The number of carbonyl (C=O) groups excluding carboxylic acids is 3. The van der Waals surface area contributed by atoms with Crippen molar-refractivity contribution >= 4 is 28.8 Å². The Balaban J connectivity index is 1.56. The Morgan fingerprint density at radius 1 is 1.12 bits per heavy atom. The van der Waals surface area contributed by atoms with E-state index in [-0.39, 0.29) is 30.5 Å². The molecule has 2 aromatic rings. The first kappa shape index (κ1) is 30.1. The molecule has 2 bridgehead atoms. The first-order valence-electron chi connectivity index (χ1n) is 14.7. The monoisotopic (exact) mass is 586 g/mol. The van der Waals surface area contributed by atoms with Crippen LogP contribution in [0.15, 0.2) is 24.3 Å². The molecule has 11 heteroatoms. The molecule has 3 aliphatic rings. The molecule has 3 heterocycles. The summed E-state index contributed by atoms with van der Waals surface area (Å²) in [5, 5.41) is 2.77. The van der Waals surface area contributed by atoms with Crippen molar-refractivity contribution in [2.75, 3.05) is 6.54 Å².